The summed E-state index contributed by atoms with van der Waals surface area (Å²) in [7, 11) is 1.46. The normalized spacial score (nSPS) is 11.3. The number of aldehydes is 1. The first-order chi connectivity index (χ1) is 10.3. The first-order valence-corrected chi connectivity index (χ1v) is 6.53. The first kappa shape index (κ1) is 15.6. The lowest BCUT2D eigenvalue weighted by atomic mass is 9.90. The molecule has 0 fully saturated rings. The third-order valence-electron chi connectivity index (χ3n) is 3.12. The van der Waals surface area contributed by atoms with Gasteiger partial charge in [-0.05, 0) is 6.07 Å². The Balaban J connectivity index is 2.76. The van der Waals surface area contributed by atoms with Crippen molar-refractivity contribution >= 4 is 12.0 Å². The Labute approximate surface area is 126 Å². The number of nitro benzene ring substituents is 1. The fourth-order valence-electron chi connectivity index (χ4n) is 2.20. The van der Waals surface area contributed by atoms with Crippen molar-refractivity contribution in [3.63, 3.8) is 0 Å². The predicted molar refractivity (Wildman–Crippen MR) is 78.7 cm³/mol. The predicted octanol–water partition coefficient (Wildman–Crippen LogP) is 2.29. The topological polar surface area (TPSA) is 100 Å². The number of non-ortho nitro benzene ring substituents is 1. The van der Waals surface area contributed by atoms with Gasteiger partial charge in [0.2, 0.25) is 0 Å². The molecular formula is C14H16N4O4. The number of hydrogen-bond donors (Lipinski definition) is 0. The Morgan fingerprint density at radius 3 is 2.55 bits per heavy atom. The maximum absolute atomic E-state index is 11.2. The molecule has 1 aromatic carbocycles. The molecule has 8 nitrogen and oxygen atoms in total. The quantitative estimate of drug-likeness (QED) is 0.488. The Morgan fingerprint density at radius 2 is 2.05 bits per heavy atom. The Kier molecular flexibility index (Phi) is 3.94. The maximum atomic E-state index is 11.2. The van der Waals surface area contributed by atoms with Crippen molar-refractivity contribution in [3.8, 4) is 11.4 Å². The van der Waals surface area contributed by atoms with Gasteiger partial charge >= 0.3 is 0 Å². The van der Waals surface area contributed by atoms with Crippen molar-refractivity contribution in [1.82, 2.24) is 15.0 Å². The number of nitrogens with zero attached hydrogens (tertiary/aromatic N) is 4. The number of carbonyl (C=O) groups is 1. The number of methoxy groups -OCH3 is 1. The molecule has 0 saturated heterocycles. The number of hydrogen-bond acceptors (Lipinski definition) is 6. The second-order valence-corrected chi connectivity index (χ2v) is 5.72. The molecule has 22 heavy (non-hydrogen) atoms. The van der Waals surface area contributed by atoms with Gasteiger partial charge in [-0.25, -0.2) is 4.68 Å². The molecule has 0 saturated carbocycles. The summed E-state index contributed by atoms with van der Waals surface area (Å²) in [6.45, 7) is 5.71. The number of ether oxygens (including phenoxy) is 1. The van der Waals surface area contributed by atoms with Gasteiger partial charge in [0, 0.05) is 17.5 Å². The second kappa shape index (κ2) is 5.55. The smallest absolute Gasteiger partial charge is 0.271 e. The van der Waals surface area contributed by atoms with E-state index in [0.717, 1.165) is 0 Å². The van der Waals surface area contributed by atoms with E-state index in [-0.39, 0.29) is 11.4 Å². The fourth-order valence-corrected chi connectivity index (χ4v) is 2.20. The van der Waals surface area contributed by atoms with Crippen LogP contribution in [0.5, 0.6) is 5.75 Å². The summed E-state index contributed by atoms with van der Waals surface area (Å²) in [6.07, 6.45) is 0.619. The average Bonchev–Trinajstić information content (AvgIpc) is 2.90. The summed E-state index contributed by atoms with van der Waals surface area (Å²) in [6, 6.07) is 4.18. The molecule has 2 aromatic rings. The molecule has 0 spiro atoms. The zero-order valence-electron chi connectivity index (χ0n) is 12.7. The summed E-state index contributed by atoms with van der Waals surface area (Å²) >= 11 is 0. The Morgan fingerprint density at radius 1 is 1.36 bits per heavy atom. The molecular weight excluding hydrogens is 288 g/mol. The lowest BCUT2D eigenvalue weighted by Gasteiger charge is -2.20. The van der Waals surface area contributed by atoms with Crippen molar-refractivity contribution in [3.05, 3.63) is 39.7 Å². The van der Waals surface area contributed by atoms with Crippen LogP contribution in [0.3, 0.4) is 0 Å². The van der Waals surface area contributed by atoms with Gasteiger partial charge in [-0.3, -0.25) is 14.9 Å². The van der Waals surface area contributed by atoms with E-state index >= 15 is 0 Å². The highest BCUT2D eigenvalue weighted by Gasteiger charge is 2.28. The minimum absolute atomic E-state index is 0.0983. The van der Waals surface area contributed by atoms with E-state index < -0.39 is 10.3 Å². The van der Waals surface area contributed by atoms with Gasteiger partial charge in [-0.15, -0.1) is 5.10 Å². The summed E-state index contributed by atoms with van der Waals surface area (Å²) in [5, 5.41) is 18.8. The molecule has 0 radical (unpaired) electrons. The zero-order valence-corrected chi connectivity index (χ0v) is 12.7. The van der Waals surface area contributed by atoms with Crippen molar-refractivity contribution in [1.29, 1.82) is 0 Å². The van der Waals surface area contributed by atoms with Crippen LogP contribution in [-0.4, -0.2) is 33.3 Å². The van der Waals surface area contributed by atoms with E-state index in [1.165, 1.54) is 30.0 Å². The molecule has 0 N–H and O–H groups in total. The van der Waals surface area contributed by atoms with Crippen LogP contribution in [0.25, 0.3) is 5.69 Å². The molecule has 0 amide bonds. The van der Waals surface area contributed by atoms with Crippen LogP contribution >= 0.6 is 0 Å². The summed E-state index contributed by atoms with van der Waals surface area (Å²) < 4.78 is 6.66. The number of benzene rings is 1. The van der Waals surface area contributed by atoms with Gasteiger partial charge in [-0.2, -0.15) is 0 Å². The van der Waals surface area contributed by atoms with Crippen LogP contribution in [0, 0.1) is 10.1 Å². The maximum Gasteiger partial charge on any atom is 0.271 e. The molecule has 2 rings (SSSR count). The minimum atomic E-state index is -0.503. The van der Waals surface area contributed by atoms with Crippen molar-refractivity contribution in [2.24, 2.45) is 0 Å². The molecule has 1 heterocycles. The van der Waals surface area contributed by atoms with E-state index in [9.17, 15) is 14.9 Å². The summed E-state index contributed by atoms with van der Waals surface area (Å²) in [4.78, 5) is 21.7. The lowest BCUT2D eigenvalue weighted by Crippen LogP contribution is -2.19. The molecule has 0 aliphatic heterocycles. The molecule has 1 aromatic heterocycles. The van der Waals surface area contributed by atoms with Crippen molar-refractivity contribution in [2.45, 2.75) is 26.2 Å². The van der Waals surface area contributed by atoms with Gasteiger partial charge in [-0.1, -0.05) is 26.0 Å². The van der Waals surface area contributed by atoms with Gasteiger partial charge in [0.05, 0.1) is 17.7 Å². The van der Waals surface area contributed by atoms with Crippen LogP contribution in [-0.2, 0) is 5.41 Å². The molecule has 0 unspecified atom stereocenters. The van der Waals surface area contributed by atoms with Gasteiger partial charge in [0.25, 0.3) is 5.69 Å². The standard InChI is InChI=1S/C14H16N4O4/c1-14(2,3)13-10(8-19)15-16-17(13)11-7-9(18(20)21)5-6-12(11)22-4/h5-8H,1-4H3. The second-order valence-electron chi connectivity index (χ2n) is 5.72. The molecule has 8 heteroatoms. The number of rotatable bonds is 4. The molecule has 116 valence electrons. The van der Waals surface area contributed by atoms with Gasteiger partial charge < -0.3 is 4.74 Å². The van der Waals surface area contributed by atoms with Crippen LogP contribution < -0.4 is 4.74 Å². The Bertz CT molecular complexity index is 731. The number of aromatic nitrogens is 3. The van der Waals surface area contributed by atoms with Crippen LogP contribution in [0.4, 0.5) is 5.69 Å². The minimum Gasteiger partial charge on any atom is -0.494 e. The lowest BCUT2D eigenvalue weighted by molar-refractivity contribution is -0.384. The highest BCUT2D eigenvalue weighted by Crippen LogP contribution is 2.32. The molecule has 0 atom stereocenters. The zero-order chi connectivity index (χ0) is 16.5. The Hall–Kier alpha value is -2.77. The molecule has 0 aliphatic carbocycles. The highest BCUT2D eigenvalue weighted by molar-refractivity contribution is 5.74. The van der Waals surface area contributed by atoms with Crippen LogP contribution in [0.2, 0.25) is 0 Å². The largest absolute Gasteiger partial charge is 0.494 e. The molecule has 0 bridgehead atoms. The van der Waals surface area contributed by atoms with E-state index in [2.05, 4.69) is 10.3 Å². The van der Waals surface area contributed by atoms with Gasteiger partial charge in [0.1, 0.15) is 17.1 Å². The van der Waals surface area contributed by atoms with E-state index in [4.69, 9.17) is 4.74 Å². The summed E-state index contributed by atoms with van der Waals surface area (Å²) in [5.74, 6) is 0.401. The fraction of sp³-hybridized carbons (Fsp3) is 0.357. The number of carbonyl (C=O) groups excluding carboxylic acids is 1. The molecule has 0 aliphatic rings. The van der Waals surface area contributed by atoms with Gasteiger partial charge in [0.15, 0.2) is 6.29 Å². The first-order valence-electron chi connectivity index (χ1n) is 6.53. The third kappa shape index (κ3) is 2.67. The monoisotopic (exact) mass is 304 g/mol. The van der Waals surface area contributed by atoms with Crippen molar-refractivity contribution < 1.29 is 14.5 Å². The van der Waals surface area contributed by atoms with Crippen LogP contribution in [0.15, 0.2) is 18.2 Å². The van der Waals surface area contributed by atoms with Crippen LogP contribution in [0.1, 0.15) is 37.0 Å². The third-order valence-corrected chi connectivity index (χ3v) is 3.12. The summed E-state index contributed by atoms with van der Waals surface area (Å²) in [5.41, 5.74) is 0.582. The number of nitro groups is 1. The van der Waals surface area contributed by atoms with E-state index in [1.54, 1.807) is 0 Å². The van der Waals surface area contributed by atoms with Crippen molar-refractivity contribution in [2.75, 3.05) is 7.11 Å². The average molecular weight is 304 g/mol. The van der Waals surface area contributed by atoms with E-state index in [0.29, 0.717) is 23.4 Å². The highest BCUT2D eigenvalue weighted by atomic mass is 16.6. The SMILES string of the molecule is COc1ccc([N+](=O)[O-])cc1-n1nnc(C=O)c1C(C)(C)C. The van der Waals surface area contributed by atoms with E-state index in [1.807, 2.05) is 20.8 Å².